The van der Waals surface area contributed by atoms with Gasteiger partial charge in [0.2, 0.25) is 0 Å². The molecule has 0 aromatic heterocycles. The van der Waals surface area contributed by atoms with Crippen molar-refractivity contribution >= 4 is 22.3 Å². The van der Waals surface area contributed by atoms with Crippen LogP contribution in [0.3, 0.4) is 0 Å². The number of hydrogen-bond acceptors (Lipinski definition) is 4. The van der Waals surface area contributed by atoms with Gasteiger partial charge in [0.1, 0.15) is 23.8 Å². The minimum absolute atomic E-state index is 0.0929. The summed E-state index contributed by atoms with van der Waals surface area (Å²) in [7, 11) is 0. The van der Waals surface area contributed by atoms with E-state index in [1.54, 1.807) is 12.1 Å². The fourth-order valence-corrected chi connectivity index (χ4v) is 2.16. The topological polar surface area (TPSA) is 74.6 Å². The Morgan fingerprint density at radius 3 is 2.00 bits per heavy atom. The first-order chi connectivity index (χ1) is 10.6. The fraction of sp³-hybridized carbons (Fsp3) is 0.235. The molecule has 0 atom stereocenters. The summed E-state index contributed by atoms with van der Waals surface area (Å²) < 4.78 is 0. The van der Waals surface area contributed by atoms with Gasteiger partial charge in [-0.15, -0.1) is 0 Å². The molecule has 110 valence electrons. The van der Waals surface area contributed by atoms with E-state index < -0.39 is 0 Å². The van der Waals surface area contributed by atoms with Gasteiger partial charge in [-0.3, -0.25) is 0 Å². The molecule has 1 rings (SSSR count). The quantitative estimate of drug-likeness (QED) is 0.609. The van der Waals surface area contributed by atoms with Crippen molar-refractivity contribution in [2.45, 2.75) is 13.8 Å². The van der Waals surface area contributed by atoms with E-state index in [1.165, 1.54) is 6.08 Å². The molecule has 0 saturated carbocycles. The van der Waals surface area contributed by atoms with Gasteiger partial charge in [0.25, 0.3) is 0 Å². The number of benzene rings is 1. The van der Waals surface area contributed by atoms with Gasteiger partial charge in [-0.05, 0) is 37.6 Å². The Hall–Kier alpha value is -2.74. The number of allylic oxidation sites excluding steroid dienone is 3. The monoisotopic (exact) mass is 310 g/mol. The number of hydrogen-bond donors (Lipinski definition) is 0. The van der Waals surface area contributed by atoms with Crippen LogP contribution in [0.25, 0.3) is 5.03 Å². The van der Waals surface area contributed by atoms with E-state index in [-0.39, 0.29) is 16.2 Å². The van der Waals surface area contributed by atoms with Crippen molar-refractivity contribution in [3.8, 4) is 18.2 Å². The highest BCUT2D eigenvalue weighted by Gasteiger charge is 2.08. The van der Waals surface area contributed by atoms with Gasteiger partial charge >= 0.3 is 0 Å². The SMILES string of the molecule is CCN(CC)c1ccc(/C(Cl)=C(\C#N)C=C(C#N)C#N)cc1. The van der Waals surface area contributed by atoms with Crippen LogP contribution < -0.4 is 4.90 Å². The first-order valence-corrected chi connectivity index (χ1v) is 7.16. The average molecular weight is 311 g/mol. The molecule has 1 aromatic carbocycles. The van der Waals surface area contributed by atoms with E-state index in [0.717, 1.165) is 18.8 Å². The van der Waals surface area contributed by atoms with Crippen LogP contribution in [0.2, 0.25) is 0 Å². The second-order valence-corrected chi connectivity index (χ2v) is 4.72. The third-order valence-corrected chi connectivity index (χ3v) is 3.56. The van der Waals surface area contributed by atoms with Gasteiger partial charge in [0.15, 0.2) is 0 Å². The lowest BCUT2D eigenvalue weighted by molar-refractivity contribution is 0.866. The Morgan fingerprint density at radius 2 is 1.59 bits per heavy atom. The third kappa shape index (κ3) is 4.13. The van der Waals surface area contributed by atoms with E-state index in [2.05, 4.69) is 18.7 Å². The molecule has 5 heteroatoms. The lowest BCUT2D eigenvalue weighted by Crippen LogP contribution is -2.21. The molecule has 0 amide bonds. The molecule has 0 aliphatic rings. The third-order valence-electron chi connectivity index (χ3n) is 3.14. The molecule has 0 aliphatic heterocycles. The van der Waals surface area contributed by atoms with Crippen molar-refractivity contribution in [2.75, 3.05) is 18.0 Å². The number of anilines is 1. The highest BCUT2D eigenvalue weighted by atomic mass is 35.5. The first kappa shape index (κ1) is 17.3. The van der Waals surface area contributed by atoms with Crippen molar-refractivity contribution < 1.29 is 0 Å². The molecule has 1 aromatic rings. The Morgan fingerprint density at radius 1 is 1.05 bits per heavy atom. The second kappa shape index (κ2) is 8.53. The lowest BCUT2D eigenvalue weighted by Gasteiger charge is -2.21. The molecule has 0 bridgehead atoms. The van der Waals surface area contributed by atoms with Crippen molar-refractivity contribution in [3.05, 3.63) is 47.1 Å². The van der Waals surface area contributed by atoms with Crippen molar-refractivity contribution in [1.82, 2.24) is 0 Å². The maximum Gasteiger partial charge on any atom is 0.131 e. The second-order valence-electron chi connectivity index (χ2n) is 4.34. The molecule has 0 unspecified atom stereocenters. The molecular formula is C17H15ClN4. The molecule has 0 spiro atoms. The van der Waals surface area contributed by atoms with Crippen LogP contribution in [-0.4, -0.2) is 13.1 Å². The van der Waals surface area contributed by atoms with Gasteiger partial charge in [-0.2, -0.15) is 15.8 Å². The van der Waals surface area contributed by atoms with E-state index >= 15 is 0 Å². The Bertz CT molecular complexity index is 689. The molecule has 0 aliphatic carbocycles. The van der Waals surface area contributed by atoms with Crippen LogP contribution in [0, 0.1) is 34.0 Å². The van der Waals surface area contributed by atoms with Crippen LogP contribution in [0.1, 0.15) is 19.4 Å². The summed E-state index contributed by atoms with van der Waals surface area (Å²) in [6, 6.07) is 12.8. The molecule has 22 heavy (non-hydrogen) atoms. The molecular weight excluding hydrogens is 296 g/mol. The van der Waals surface area contributed by atoms with Gasteiger partial charge in [-0.25, -0.2) is 0 Å². The summed E-state index contributed by atoms with van der Waals surface area (Å²) in [5, 5.41) is 26.9. The highest BCUT2D eigenvalue weighted by molar-refractivity contribution is 6.49. The summed E-state index contributed by atoms with van der Waals surface area (Å²) in [6.07, 6.45) is 1.20. The molecule has 0 saturated heterocycles. The molecule has 0 radical (unpaired) electrons. The fourth-order valence-electron chi connectivity index (χ4n) is 1.94. The summed E-state index contributed by atoms with van der Waals surface area (Å²) in [5.74, 6) is 0. The van der Waals surface area contributed by atoms with Crippen LogP contribution in [0.5, 0.6) is 0 Å². The highest BCUT2D eigenvalue weighted by Crippen LogP contribution is 2.26. The maximum atomic E-state index is 9.15. The zero-order chi connectivity index (χ0) is 16.5. The standard InChI is InChI=1S/C17H15ClN4/c1-3-22(4-2)16-7-5-14(6-8-16)17(18)15(12-21)9-13(10-19)11-20/h5-9H,3-4H2,1-2H3/b17-15+. The van der Waals surface area contributed by atoms with Gasteiger partial charge in [-0.1, -0.05) is 23.7 Å². The smallest absolute Gasteiger partial charge is 0.131 e. The summed E-state index contributed by atoms with van der Waals surface area (Å²) in [6.45, 7) is 5.96. The molecule has 0 fully saturated rings. The van der Waals surface area contributed by atoms with Crippen LogP contribution >= 0.6 is 11.6 Å². The Labute approximate surface area is 135 Å². The Kier molecular flexibility index (Phi) is 6.71. The molecule has 4 nitrogen and oxygen atoms in total. The zero-order valence-electron chi connectivity index (χ0n) is 12.5. The van der Waals surface area contributed by atoms with E-state index in [1.807, 2.05) is 30.3 Å². The minimum atomic E-state index is -0.158. The van der Waals surface area contributed by atoms with Crippen LogP contribution in [-0.2, 0) is 0 Å². The van der Waals surface area contributed by atoms with E-state index in [0.29, 0.717) is 5.56 Å². The first-order valence-electron chi connectivity index (χ1n) is 6.78. The number of rotatable bonds is 5. The predicted molar refractivity (Wildman–Crippen MR) is 87.7 cm³/mol. The van der Waals surface area contributed by atoms with E-state index in [4.69, 9.17) is 27.4 Å². The number of nitriles is 3. The number of halogens is 1. The van der Waals surface area contributed by atoms with Crippen LogP contribution in [0.15, 0.2) is 41.5 Å². The minimum Gasteiger partial charge on any atom is -0.372 e. The predicted octanol–water partition coefficient (Wildman–Crippen LogP) is 3.98. The normalized spacial score (nSPS) is 10.5. The van der Waals surface area contributed by atoms with Crippen molar-refractivity contribution in [1.29, 1.82) is 15.8 Å². The average Bonchev–Trinajstić information content (AvgIpc) is 2.57. The van der Waals surface area contributed by atoms with Crippen molar-refractivity contribution in [3.63, 3.8) is 0 Å². The number of nitrogens with zero attached hydrogens (tertiary/aromatic N) is 4. The molecule has 0 heterocycles. The lowest BCUT2D eigenvalue weighted by atomic mass is 10.1. The maximum absolute atomic E-state index is 9.15. The summed E-state index contributed by atoms with van der Waals surface area (Å²) in [5.41, 5.74) is 1.67. The largest absolute Gasteiger partial charge is 0.372 e. The van der Waals surface area contributed by atoms with Gasteiger partial charge in [0, 0.05) is 18.8 Å². The van der Waals surface area contributed by atoms with Gasteiger partial charge in [0.05, 0.1) is 10.6 Å². The summed E-state index contributed by atoms with van der Waals surface area (Å²) in [4.78, 5) is 2.19. The van der Waals surface area contributed by atoms with Gasteiger partial charge < -0.3 is 4.90 Å². The van der Waals surface area contributed by atoms with Crippen molar-refractivity contribution in [2.24, 2.45) is 0 Å². The van der Waals surface area contributed by atoms with E-state index in [9.17, 15) is 0 Å². The Balaban J connectivity index is 3.22. The summed E-state index contributed by atoms with van der Waals surface area (Å²) >= 11 is 6.21. The zero-order valence-corrected chi connectivity index (χ0v) is 13.2. The molecule has 0 N–H and O–H groups in total. The van der Waals surface area contributed by atoms with Crippen LogP contribution in [0.4, 0.5) is 5.69 Å².